The average Bonchev–Trinajstić information content (AvgIpc) is 2.53. The predicted molar refractivity (Wildman–Crippen MR) is 95.8 cm³/mol. The Kier molecular flexibility index (Phi) is 5.71. The van der Waals surface area contributed by atoms with E-state index in [-0.39, 0.29) is 16.9 Å². The Morgan fingerprint density at radius 1 is 1.12 bits per heavy atom. The van der Waals surface area contributed by atoms with E-state index in [9.17, 15) is 9.90 Å². The van der Waals surface area contributed by atoms with E-state index in [1.54, 1.807) is 31.2 Å². The second kappa shape index (κ2) is 7.56. The summed E-state index contributed by atoms with van der Waals surface area (Å²) in [6.07, 6.45) is 3.75. The van der Waals surface area contributed by atoms with Crippen molar-refractivity contribution in [3.05, 3.63) is 52.9 Å². The molecule has 1 aliphatic carbocycles. The SMILES string of the molecule is C/C(C(=O)Oc1ccccc1)=C(/O)C1=C(NC(C)(C)C)CCCC1. The highest BCUT2D eigenvalue weighted by molar-refractivity contribution is 5.90. The molecule has 2 N–H and O–H groups in total. The summed E-state index contributed by atoms with van der Waals surface area (Å²) >= 11 is 0. The number of rotatable bonds is 4. The maximum absolute atomic E-state index is 12.3. The van der Waals surface area contributed by atoms with Gasteiger partial charge in [-0.2, -0.15) is 0 Å². The first-order valence-corrected chi connectivity index (χ1v) is 8.45. The number of hydrogen-bond donors (Lipinski definition) is 2. The van der Waals surface area contributed by atoms with Crippen molar-refractivity contribution < 1.29 is 14.6 Å². The summed E-state index contributed by atoms with van der Waals surface area (Å²) in [6.45, 7) is 7.87. The molecule has 2 rings (SSSR count). The molecule has 1 aliphatic rings. The summed E-state index contributed by atoms with van der Waals surface area (Å²) in [5, 5.41) is 14.1. The lowest BCUT2D eigenvalue weighted by Crippen LogP contribution is -2.36. The Balaban J connectivity index is 2.26. The smallest absolute Gasteiger partial charge is 0.342 e. The van der Waals surface area contributed by atoms with Crippen molar-refractivity contribution >= 4 is 5.97 Å². The zero-order valence-corrected chi connectivity index (χ0v) is 15.0. The highest BCUT2D eigenvalue weighted by atomic mass is 16.5. The van der Waals surface area contributed by atoms with Crippen LogP contribution in [-0.4, -0.2) is 16.6 Å². The van der Waals surface area contributed by atoms with Crippen molar-refractivity contribution in [3.8, 4) is 5.75 Å². The number of carbonyl (C=O) groups is 1. The third-order valence-electron chi connectivity index (χ3n) is 3.89. The van der Waals surface area contributed by atoms with Crippen molar-refractivity contribution in [1.29, 1.82) is 0 Å². The molecule has 4 nitrogen and oxygen atoms in total. The number of nitrogens with one attached hydrogen (secondary N) is 1. The van der Waals surface area contributed by atoms with Crippen LogP contribution in [0.15, 0.2) is 52.9 Å². The van der Waals surface area contributed by atoms with Crippen LogP contribution < -0.4 is 10.1 Å². The largest absolute Gasteiger partial charge is 0.507 e. The molecule has 0 amide bonds. The first kappa shape index (κ1) is 18.1. The number of aliphatic hydroxyl groups is 1. The van der Waals surface area contributed by atoms with Crippen LogP contribution in [0.1, 0.15) is 53.4 Å². The quantitative estimate of drug-likeness (QED) is 0.366. The average molecular weight is 329 g/mol. The molecule has 0 atom stereocenters. The zero-order valence-electron chi connectivity index (χ0n) is 15.0. The van der Waals surface area contributed by atoms with Crippen LogP contribution in [0.5, 0.6) is 5.75 Å². The monoisotopic (exact) mass is 329 g/mol. The van der Waals surface area contributed by atoms with Gasteiger partial charge in [0.05, 0.1) is 5.57 Å². The molecule has 0 fully saturated rings. The van der Waals surface area contributed by atoms with Gasteiger partial charge in [0, 0.05) is 16.8 Å². The molecular formula is C20H27NO3. The Hall–Kier alpha value is -2.23. The van der Waals surface area contributed by atoms with E-state index in [2.05, 4.69) is 26.1 Å². The van der Waals surface area contributed by atoms with Crippen molar-refractivity contribution in [3.63, 3.8) is 0 Å². The normalized spacial score (nSPS) is 16.5. The fraction of sp³-hybridized carbons (Fsp3) is 0.450. The molecule has 0 aliphatic heterocycles. The second-order valence-electron chi connectivity index (χ2n) is 7.22. The minimum atomic E-state index is -0.521. The van der Waals surface area contributed by atoms with Gasteiger partial charge in [0.25, 0.3) is 0 Å². The lowest BCUT2D eigenvalue weighted by Gasteiger charge is -2.29. The van der Waals surface area contributed by atoms with Crippen LogP contribution >= 0.6 is 0 Å². The Bertz CT molecular complexity index is 651. The molecule has 1 aromatic carbocycles. The van der Waals surface area contributed by atoms with Crippen molar-refractivity contribution in [2.45, 2.75) is 58.9 Å². The topological polar surface area (TPSA) is 58.6 Å². The van der Waals surface area contributed by atoms with E-state index in [1.807, 2.05) is 6.07 Å². The molecule has 0 aromatic heterocycles. The summed E-state index contributed by atoms with van der Waals surface area (Å²) in [5.74, 6) is -0.00502. The maximum atomic E-state index is 12.3. The molecular weight excluding hydrogens is 302 g/mol. The fourth-order valence-corrected chi connectivity index (χ4v) is 2.75. The summed E-state index contributed by atoms with van der Waals surface area (Å²) in [5.41, 5.74) is 2.01. The van der Waals surface area contributed by atoms with Gasteiger partial charge in [0.2, 0.25) is 0 Å². The number of esters is 1. The molecule has 130 valence electrons. The van der Waals surface area contributed by atoms with Gasteiger partial charge in [-0.15, -0.1) is 0 Å². The minimum absolute atomic E-state index is 0.0439. The van der Waals surface area contributed by atoms with Gasteiger partial charge in [0.15, 0.2) is 0 Å². The van der Waals surface area contributed by atoms with E-state index in [1.165, 1.54) is 0 Å². The number of ether oxygens (including phenoxy) is 1. The number of hydrogen-bond acceptors (Lipinski definition) is 4. The molecule has 24 heavy (non-hydrogen) atoms. The Labute approximate surface area is 144 Å². The van der Waals surface area contributed by atoms with Crippen molar-refractivity contribution in [1.82, 2.24) is 5.32 Å². The molecule has 4 heteroatoms. The van der Waals surface area contributed by atoms with Crippen LogP contribution in [-0.2, 0) is 4.79 Å². The standard InChI is InChI=1S/C20H27NO3/c1-14(19(23)24-15-10-6-5-7-11-15)18(22)16-12-8-9-13-17(16)21-20(2,3)4/h5-7,10-11,21-22H,8-9,12-13H2,1-4H3/b18-14-. The summed E-state index contributed by atoms with van der Waals surface area (Å²) in [4.78, 5) is 12.3. The Morgan fingerprint density at radius 2 is 1.75 bits per heavy atom. The van der Waals surface area contributed by atoms with E-state index < -0.39 is 5.97 Å². The molecule has 0 saturated carbocycles. The lowest BCUT2D eigenvalue weighted by atomic mass is 9.92. The third kappa shape index (κ3) is 4.88. The van der Waals surface area contributed by atoms with E-state index in [0.29, 0.717) is 5.75 Å². The first-order chi connectivity index (χ1) is 11.3. The number of carbonyl (C=O) groups excluding carboxylic acids is 1. The van der Waals surface area contributed by atoms with Crippen LogP contribution in [0, 0.1) is 0 Å². The van der Waals surface area contributed by atoms with Crippen molar-refractivity contribution in [2.75, 3.05) is 0 Å². The minimum Gasteiger partial charge on any atom is -0.507 e. The van der Waals surface area contributed by atoms with Gasteiger partial charge >= 0.3 is 5.97 Å². The van der Waals surface area contributed by atoms with Crippen LogP contribution in [0.25, 0.3) is 0 Å². The molecule has 0 bridgehead atoms. The second-order valence-corrected chi connectivity index (χ2v) is 7.22. The lowest BCUT2D eigenvalue weighted by molar-refractivity contribution is -0.130. The maximum Gasteiger partial charge on any atom is 0.342 e. The van der Waals surface area contributed by atoms with E-state index in [0.717, 1.165) is 37.0 Å². The van der Waals surface area contributed by atoms with Crippen molar-refractivity contribution in [2.24, 2.45) is 0 Å². The first-order valence-electron chi connectivity index (χ1n) is 8.45. The molecule has 0 saturated heterocycles. The van der Waals surface area contributed by atoms with E-state index >= 15 is 0 Å². The number of benzene rings is 1. The van der Waals surface area contributed by atoms with Crippen LogP contribution in [0.3, 0.4) is 0 Å². The zero-order chi connectivity index (χ0) is 17.7. The molecule has 0 heterocycles. The fourth-order valence-electron chi connectivity index (χ4n) is 2.75. The summed E-state index contributed by atoms with van der Waals surface area (Å²) < 4.78 is 5.32. The third-order valence-corrected chi connectivity index (χ3v) is 3.89. The molecule has 0 radical (unpaired) electrons. The summed E-state index contributed by atoms with van der Waals surface area (Å²) in [7, 11) is 0. The predicted octanol–water partition coefficient (Wildman–Crippen LogP) is 4.64. The highest BCUT2D eigenvalue weighted by Crippen LogP contribution is 2.30. The van der Waals surface area contributed by atoms with Gasteiger partial charge in [-0.25, -0.2) is 4.79 Å². The molecule has 1 aromatic rings. The number of para-hydroxylation sites is 1. The van der Waals surface area contributed by atoms with E-state index in [4.69, 9.17) is 4.74 Å². The highest BCUT2D eigenvalue weighted by Gasteiger charge is 2.23. The number of allylic oxidation sites excluding steroid dienone is 2. The van der Waals surface area contributed by atoms with Gasteiger partial charge in [-0.1, -0.05) is 18.2 Å². The van der Waals surface area contributed by atoms with Gasteiger partial charge in [-0.3, -0.25) is 0 Å². The summed E-state index contributed by atoms with van der Waals surface area (Å²) in [6, 6.07) is 8.89. The number of aliphatic hydroxyl groups excluding tert-OH is 1. The van der Waals surface area contributed by atoms with Gasteiger partial charge < -0.3 is 15.2 Å². The Morgan fingerprint density at radius 3 is 2.38 bits per heavy atom. The van der Waals surface area contributed by atoms with Crippen LogP contribution in [0.4, 0.5) is 0 Å². The van der Waals surface area contributed by atoms with Gasteiger partial charge in [-0.05, 0) is 65.5 Å². The molecule has 0 unspecified atom stereocenters. The van der Waals surface area contributed by atoms with Crippen LogP contribution in [0.2, 0.25) is 0 Å². The van der Waals surface area contributed by atoms with Gasteiger partial charge in [0.1, 0.15) is 11.5 Å². The molecule has 0 spiro atoms.